The minimum atomic E-state index is -3.59. The largest absolute Gasteiger partial charge is 0.457 e. The molecule has 1 N–H and O–H groups in total. The monoisotopic (exact) mass is 339 g/mol. The Morgan fingerprint density at radius 2 is 1.77 bits per heavy atom. The van der Waals surface area contributed by atoms with Gasteiger partial charge in [-0.3, -0.25) is 4.79 Å². The molecule has 0 atom stereocenters. The van der Waals surface area contributed by atoms with Gasteiger partial charge >= 0.3 is 0 Å². The molecule has 0 bridgehead atoms. The molecule has 0 heterocycles. The quantitative estimate of drug-likeness (QED) is 0.928. The molecule has 0 spiro atoms. The van der Waals surface area contributed by atoms with Gasteiger partial charge < -0.3 is 4.74 Å². The summed E-state index contributed by atoms with van der Waals surface area (Å²) >= 11 is 5.92. The zero-order valence-electron chi connectivity index (χ0n) is 12.0. The first-order valence-corrected chi connectivity index (χ1v) is 8.58. The maximum atomic E-state index is 11.7. The van der Waals surface area contributed by atoms with Gasteiger partial charge in [-0.15, -0.1) is 0 Å². The Hall–Kier alpha value is -2.05. The maximum Gasteiger partial charge on any atom is 0.264 e. The van der Waals surface area contributed by atoms with Crippen molar-refractivity contribution in [2.24, 2.45) is 0 Å². The lowest BCUT2D eigenvalue weighted by Crippen LogP contribution is -2.29. The van der Waals surface area contributed by atoms with Gasteiger partial charge in [-0.2, -0.15) is 0 Å². The van der Waals surface area contributed by atoms with E-state index in [9.17, 15) is 13.2 Å². The molecule has 0 saturated heterocycles. The van der Waals surface area contributed by atoms with Crippen molar-refractivity contribution < 1.29 is 17.9 Å². The van der Waals surface area contributed by atoms with Crippen molar-refractivity contribution in [1.29, 1.82) is 0 Å². The van der Waals surface area contributed by atoms with Crippen molar-refractivity contribution in [3.63, 3.8) is 0 Å². The Balaban J connectivity index is 2.15. The number of sulfonamides is 1. The summed E-state index contributed by atoms with van der Waals surface area (Å²) < 4.78 is 29.6. The molecule has 22 heavy (non-hydrogen) atoms. The average molecular weight is 340 g/mol. The number of rotatable bonds is 4. The normalized spacial score (nSPS) is 11.0. The smallest absolute Gasteiger partial charge is 0.264 e. The van der Waals surface area contributed by atoms with Gasteiger partial charge in [-0.25, -0.2) is 13.1 Å². The van der Waals surface area contributed by atoms with Crippen LogP contribution in [-0.4, -0.2) is 20.6 Å². The molecule has 0 saturated carbocycles. The van der Waals surface area contributed by atoms with E-state index in [0.717, 1.165) is 11.8 Å². The van der Waals surface area contributed by atoms with Gasteiger partial charge in [-0.1, -0.05) is 17.7 Å². The van der Waals surface area contributed by atoms with E-state index in [1.807, 2.05) is 17.7 Å². The standard InChI is InChI=1S/C15H14ClNO4S/c1-10-3-6-12(16)9-14(10)21-13-7-4-11(5-8-13)15(18)17-22(2,19)20/h3-9H,1-2H3,(H,17,18). The summed E-state index contributed by atoms with van der Waals surface area (Å²) in [7, 11) is -3.59. The number of benzene rings is 2. The summed E-state index contributed by atoms with van der Waals surface area (Å²) in [6.45, 7) is 1.89. The van der Waals surface area contributed by atoms with Gasteiger partial charge in [0.2, 0.25) is 10.0 Å². The fourth-order valence-corrected chi connectivity index (χ4v) is 2.33. The van der Waals surface area contributed by atoms with E-state index < -0.39 is 15.9 Å². The highest BCUT2D eigenvalue weighted by Gasteiger charge is 2.11. The molecule has 7 heteroatoms. The van der Waals surface area contributed by atoms with Crippen molar-refractivity contribution in [1.82, 2.24) is 4.72 Å². The predicted molar refractivity (Wildman–Crippen MR) is 85.0 cm³/mol. The molecule has 2 rings (SSSR count). The van der Waals surface area contributed by atoms with Crippen molar-refractivity contribution in [2.45, 2.75) is 6.92 Å². The second kappa shape index (κ2) is 6.37. The number of hydrogen-bond acceptors (Lipinski definition) is 4. The predicted octanol–water partition coefficient (Wildman–Crippen LogP) is 3.13. The van der Waals surface area contributed by atoms with Gasteiger partial charge in [0, 0.05) is 10.6 Å². The van der Waals surface area contributed by atoms with E-state index in [0.29, 0.717) is 16.5 Å². The van der Waals surface area contributed by atoms with Crippen LogP contribution in [0.5, 0.6) is 11.5 Å². The summed E-state index contributed by atoms with van der Waals surface area (Å²) in [4.78, 5) is 11.7. The molecule has 0 unspecified atom stereocenters. The minimum Gasteiger partial charge on any atom is -0.457 e. The Kier molecular flexibility index (Phi) is 4.73. The zero-order chi connectivity index (χ0) is 16.3. The molecule has 0 radical (unpaired) electrons. The molecule has 0 aliphatic carbocycles. The number of hydrogen-bond donors (Lipinski definition) is 1. The lowest BCUT2D eigenvalue weighted by molar-refractivity contribution is 0.0981. The molecule has 2 aromatic carbocycles. The SMILES string of the molecule is Cc1ccc(Cl)cc1Oc1ccc(C(=O)NS(C)(=O)=O)cc1. The molecule has 116 valence electrons. The Labute approximate surface area is 133 Å². The van der Waals surface area contributed by atoms with Crippen LogP contribution in [0, 0.1) is 6.92 Å². The van der Waals surface area contributed by atoms with Crippen LogP contribution in [-0.2, 0) is 10.0 Å². The maximum absolute atomic E-state index is 11.7. The van der Waals surface area contributed by atoms with Crippen molar-refractivity contribution in [3.8, 4) is 11.5 Å². The van der Waals surface area contributed by atoms with Gasteiger partial charge in [0.25, 0.3) is 5.91 Å². The van der Waals surface area contributed by atoms with E-state index in [1.54, 1.807) is 24.3 Å². The fraction of sp³-hybridized carbons (Fsp3) is 0.133. The molecule has 1 amide bonds. The van der Waals surface area contributed by atoms with E-state index >= 15 is 0 Å². The molecule has 0 aromatic heterocycles. The summed E-state index contributed by atoms with van der Waals surface area (Å²) in [5.41, 5.74) is 1.14. The fourth-order valence-electron chi connectivity index (χ4n) is 1.71. The van der Waals surface area contributed by atoms with Gasteiger partial charge in [0.1, 0.15) is 11.5 Å². The molecule has 2 aromatic rings. The van der Waals surface area contributed by atoms with Crippen LogP contribution >= 0.6 is 11.6 Å². The minimum absolute atomic E-state index is 0.223. The van der Waals surface area contributed by atoms with Gasteiger partial charge in [0.15, 0.2) is 0 Å². The highest BCUT2D eigenvalue weighted by Crippen LogP contribution is 2.28. The Morgan fingerprint density at radius 1 is 1.14 bits per heavy atom. The second-order valence-electron chi connectivity index (χ2n) is 4.74. The van der Waals surface area contributed by atoms with E-state index in [1.165, 1.54) is 12.1 Å². The van der Waals surface area contributed by atoms with Gasteiger partial charge in [0.05, 0.1) is 6.26 Å². The first-order valence-electron chi connectivity index (χ1n) is 6.31. The lowest BCUT2D eigenvalue weighted by Gasteiger charge is -2.09. The topological polar surface area (TPSA) is 72.5 Å². The highest BCUT2D eigenvalue weighted by molar-refractivity contribution is 7.89. The average Bonchev–Trinajstić information content (AvgIpc) is 2.42. The number of carbonyl (C=O) groups is 1. The first-order chi connectivity index (χ1) is 10.2. The van der Waals surface area contributed by atoms with E-state index in [2.05, 4.69) is 0 Å². The molecule has 0 aliphatic heterocycles. The van der Waals surface area contributed by atoms with Crippen LogP contribution in [0.15, 0.2) is 42.5 Å². The van der Waals surface area contributed by atoms with Crippen LogP contribution in [0.4, 0.5) is 0 Å². The van der Waals surface area contributed by atoms with Crippen LogP contribution in [0.3, 0.4) is 0 Å². The third kappa shape index (κ3) is 4.47. The zero-order valence-corrected chi connectivity index (χ0v) is 13.5. The van der Waals surface area contributed by atoms with Crippen LogP contribution in [0.1, 0.15) is 15.9 Å². The molecular weight excluding hydrogens is 326 g/mol. The number of nitrogens with one attached hydrogen (secondary N) is 1. The third-order valence-corrected chi connectivity index (χ3v) is 3.56. The summed E-state index contributed by atoms with van der Waals surface area (Å²) in [5.74, 6) is 0.440. The highest BCUT2D eigenvalue weighted by atomic mass is 35.5. The van der Waals surface area contributed by atoms with Gasteiger partial charge in [-0.05, 0) is 48.9 Å². The lowest BCUT2D eigenvalue weighted by atomic mass is 10.2. The first kappa shape index (κ1) is 16.3. The Morgan fingerprint density at radius 3 is 2.36 bits per heavy atom. The van der Waals surface area contributed by atoms with E-state index in [-0.39, 0.29) is 5.56 Å². The van der Waals surface area contributed by atoms with Crippen molar-refractivity contribution >= 4 is 27.5 Å². The van der Waals surface area contributed by atoms with Crippen LogP contribution in [0.25, 0.3) is 0 Å². The number of aryl methyl sites for hydroxylation is 1. The summed E-state index contributed by atoms with van der Waals surface area (Å²) in [6, 6.07) is 11.4. The second-order valence-corrected chi connectivity index (χ2v) is 6.92. The number of carbonyl (C=O) groups excluding carboxylic acids is 1. The number of amides is 1. The van der Waals surface area contributed by atoms with E-state index in [4.69, 9.17) is 16.3 Å². The van der Waals surface area contributed by atoms with Crippen molar-refractivity contribution in [3.05, 3.63) is 58.6 Å². The number of halogens is 1. The summed E-state index contributed by atoms with van der Waals surface area (Å²) in [5, 5.41) is 0.560. The molecule has 0 aliphatic rings. The third-order valence-electron chi connectivity index (χ3n) is 2.77. The molecule has 5 nitrogen and oxygen atoms in total. The summed E-state index contributed by atoms with van der Waals surface area (Å²) in [6.07, 6.45) is 0.921. The molecule has 0 fully saturated rings. The number of ether oxygens (including phenoxy) is 1. The Bertz CT molecular complexity index is 801. The molecular formula is C15H14ClNO4S. The van der Waals surface area contributed by atoms with Crippen LogP contribution in [0.2, 0.25) is 5.02 Å². The van der Waals surface area contributed by atoms with Crippen molar-refractivity contribution in [2.75, 3.05) is 6.26 Å². The van der Waals surface area contributed by atoms with Crippen LogP contribution < -0.4 is 9.46 Å².